The Labute approximate surface area is 124 Å². The summed E-state index contributed by atoms with van der Waals surface area (Å²) in [5.74, 6) is 1.18. The second kappa shape index (κ2) is 6.77. The number of hydrogen-bond acceptors (Lipinski definition) is 3. The molecule has 1 saturated carbocycles. The molecule has 0 bridgehead atoms. The summed E-state index contributed by atoms with van der Waals surface area (Å²) in [7, 11) is 3.58. The Morgan fingerprint density at radius 1 is 1.56 bits per heavy atom. The fraction of sp³-hybridized carbons (Fsp3) is 0.500. The molecule has 6 heteroatoms. The zero-order valence-corrected chi connectivity index (χ0v) is 13.0. The van der Waals surface area contributed by atoms with E-state index in [4.69, 9.17) is 10.5 Å². The van der Waals surface area contributed by atoms with Gasteiger partial charge in [0.1, 0.15) is 0 Å². The quantitative estimate of drug-likeness (QED) is 0.502. The molecular formula is C12H19IN4O. The van der Waals surface area contributed by atoms with Gasteiger partial charge >= 0.3 is 0 Å². The van der Waals surface area contributed by atoms with E-state index >= 15 is 0 Å². The highest BCUT2D eigenvalue weighted by Gasteiger charge is 2.27. The summed E-state index contributed by atoms with van der Waals surface area (Å²) in [4.78, 5) is 10.6. The van der Waals surface area contributed by atoms with Crippen LogP contribution in [0.25, 0.3) is 0 Å². The van der Waals surface area contributed by atoms with Crippen molar-refractivity contribution in [3.8, 4) is 5.88 Å². The van der Waals surface area contributed by atoms with Crippen LogP contribution in [-0.2, 0) is 6.54 Å². The number of guanidine groups is 1. The topological polar surface area (TPSA) is 63.7 Å². The highest BCUT2D eigenvalue weighted by Crippen LogP contribution is 2.24. The smallest absolute Gasteiger partial charge is 0.213 e. The van der Waals surface area contributed by atoms with Gasteiger partial charge in [-0.25, -0.2) is 9.98 Å². The molecule has 0 unspecified atom stereocenters. The van der Waals surface area contributed by atoms with Crippen LogP contribution in [0.2, 0.25) is 0 Å². The van der Waals surface area contributed by atoms with Crippen molar-refractivity contribution in [1.82, 2.24) is 9.88 Å². The largest absolute Gasteiger partial charge is 0.481 e. The Morgan fingerprint density at radius 3 is 2.89 bits per heavy atom. The lowest BCUT2D eigenvalue weighted by Gasteiger charge is -2.16. The number of hydrogen-bond donors (Lipinski definition) is 1. The molecule has 1 heterocycles. The molecule has 2 rings (SSSR count). The lowest BCUT2D eigenvalue weighted by atomic mass is 10.3. The Bertz CT molecular complexity index is 420. The summed E-state index contributed by atoms with van der Waals surface area (Å²) in [6.07, 6.45) is 2.42. The fourth-order valence-corrected chi connectivity index (χ4v) is 1.58. The summed E-state index contributed by atoms with van der Waals surface area (Å²) in [6.45, 7) is 0.486. The summed E-state index contributed by atoms with van der Waals surface area (Å²) in [5.41, 5.74) is 6.75. The molecule has 0 amide bonds. The third kappa shape index (κ3) is 4.01. The van der Waals surface area contributed by atoms with Crippen LogP contribution in [0.4, 0.5) is 0 Å². The van der Waals surface area contributed by atoms with Crippen LogP contribution in [0, 0.1) is 0 Å². The highest BCUT2D eigenvalue weighted by molar-refractivity contribution is 14.0. The van der Waals surface area contributed by atoms with Gasteiger partial charge in [-0.1, -0.05) is 6.07 Å². The number of nitrogens with two attached hydrogens (primary N) is 1. The zero-order chi connectivity index (χ0) is 12.3. The molecule has 5 nitrogen and oxygen atoms in total. The van der Waals surface area contributed by atoms with Crippen molar-refractivity contribution >= 4 is 29.9 Å². The van der Waals surface area contributed by atoms with Crippen LogP contribution < -0.4 is 10.5 Å². The first-order valence-corrected chi connectivity index (χ1v) is 5.73. The third-order valence-electron chi connectivity index (χ3n) is 2.85. The zero-order valence-electron chi connectivity index (χ0n) is 10.7. The minimum Gasteiger partial charge on any atom is -0.481 e. The summed E-state index contributed by atoms with van der Waals surface area (Å²) in [5, 5.41) is 0. The van der Waals surface area contributed by atoms with Crippen LogP contribution >= 0.6 is 24.0 Å². The summed E-state index contributed by atoms with van der Waals surface area (Å²) >= 11 is 0. The normalized spacial score (nSPS) is 14.9. The van der Waals surface area contributed by atoms with E-state index in [2.05, 4.69) is 9.98 Å². The van der Waals surface area contributed by atoms with Gasteiger partial charge in [0.25, 0.3) is 0 Å². The first kappa shape index (κ1) is 15.0. The van der Waals surface area contributed by atoms with Gasteiger partial charge < -0.3 is 15.4 Å². The Morgan fingerprint density at radius 2 is 2.28 bits per heavy atom. The third-order valence-corrected chi connectivity index (χ3v) is 2.85. The van der Waals surface area contributed by atoms with Crippen molar-refractivity contribution in [2.45, 2.75) is 25.4 Å². The van der Waals surface area contributed by atoms with Gasteiger partial charge in [-0.05, 0) is 18.9 Å². The van der Waals surface area contributed by atoms with Crippen molar-refractivity contribution in [1.29, 1.82) is 0 Å². The highest BCUT2D eigenvalue weighted by atomic mass is 127. The molecule has 1 aliphatic rings. The predicted molar refractivity (Wildman–Crippen MR) is 82.3 cm³/mol. The first-order valence-electron chi connectivity index (χ1n) is 5.73. The van der Waals surface area contributed by atoms with Crippen LogP contribution in [0.1, 0.15) is 18.5 Å². The molecule has 100 valence electrons. The van der Waals surface area contributed by atoms with Gasteiger partial charge in [-0.15, -0.1) is 24.0 Å². The van der Waals surface area contributed by atoms with Crippen molar-refractivity contribution in [2.75, 3.05) is 14.2 Å². The Kier molecular flexibility index (Phi) is 5.64. The maximum Gasteiger partial charge on any atom is 0.213 e. The maximum atomic E-state index is 5.89. The van der Waals surface area contributed by atoms with Crippen LogP contribution in [0.3, 0.4) is 0 Å². The second-order valence-electron chi connectivity index (χ2n) is 4.19. The molecule has 0 aliphatic heterocycles. The van der Waals surface area contributed by atoms with Crippen LogP contribution in [0.15, 0.2) is 23.2 Å². The number of pyridine rings is 1. The molecule has 0 aromatic carbocycles. The summed E-state index contributed by atoms with van der Waals surface area (Å²) < 4.78 is 5.06. The molecule has 1 aromatic heterocycles. The lowest BCUT2D eigenvalue weighted by Crippen LogP contribution is -2.35. The molecule has 0 radical (unpaired) electrons. The number of rotatable bonds is 4. The second-order valence-corrected chi connectivity index (χ2v) is 4.19. The number of halogens is 1. The van der Waals surface area contributed by atoms with E-state index in [0.29, 0.717) is 24.4 Å². The molecule has 1 aromatic rings. The van der Waals surface area contributed by atoms with E-state index in [1.807, 2.05) is 30.1 Å². The first-order chi connectivity index (χ1) is 8.20. The molecule has 0 spiro atoms. The number of aromatic nitrogens is 1. The van der Waals surface area contributed by atoms with Crippen molar-refractivity contribution < 1.29 is 4.74 Å². The molecule has 18 heavy (non-hydrogen) atoms. The molecule has 0 atom stereocenters. The van der Waals surface area contributed by atoms with E-state index in [0.717, 1.165) is 5.69 Å². The fourth-order valence-electron chi connectivity index (χ4n) is 1.58. The van der Waals surface area contributed by atoms with Crippen molar-refractivity contribution in [2.24, 2.45) is 10.7 Å². The van der Waals surface area contributed by atoms with Gasteiger partial charge in [0.15, 0.2) is 5.96 Å². The van der Waals surface area contributed by atoms with E-state index < -0.39 is 0 Å². The van der Waals surface area contributed by atoms with Gasteiger partial charge in [0, 0.05) is 19.2 Å². The molecular weight excluding hydrogens is 343 g/mol. The monoisotopic (exact) mass is 362 g/mol. The van der Waals surface area contributed by atoms with Crippen LogP contribution in [0.5, 0.6) is 5.88 Å². The minimum atomic E-state index is 0. The predicted octanol–water partition coefficient (Wildman–Crippen LogP) is 1.62. The van der Waals surface area contributed by atoms with Crippen LogP contribution in [-0.4, -0.2) is 36.0 Å². The lowest BCUT2D eigenvalue weighted by molar-refractivity contribution is 0.396. The number of methoxy groups -OCH3 is 1. The molecule has 0 saturated heterocycles. The van der Waals surface area contributed by atoms with E-state index in [9.17, 15) is 0 Å². The van der Waals surface area contributed by atoms with E-state index in [-0.39, 0.29) is 24.0 Å². The molecule has 1 fully saturated rings. The number of nitrogens with zero attached hydrogens (tertiary/aromatic N) is 3. The van der Waals surface area contributed by atoms with Gasteiger partial charge in [-0.2, -0.15) is 0 Å². The van der Waals surface area contributed by atoms with Crippen molar-refractivity contribution in [3.63, 3.8) is 0 Å². The Hall–Kier alpha value is -1.05. The number of ether oxygens (including phenoxy) is 1. The maximum absolute atomic E-state index is 5.89. The number of aliphatic imine (C=N–C) groups is 1. The standard InChI is InChI=1S/C12H18N4O.HI/c1-16(10-6-7-10)12(13)14-8-9-4-3-5-11(15-9)17-2;/h3-5,10H,6-8H2,1-2H3,(H2,13,14);1H. The van der Waals surface area contributed by atoms with Crippen molar-refractivity contribution in [3.05, 3.63) is 23.9 Å². The summed E-state index contributed by atoms with van der Waals surface area (Å²) in [6, 6.07) is 6.21. The SMILES string of the molecule is COc1cccc(CN=C(N)N(C)C2CC2)n1.I. The molecule has 1 aliphatic carbocycles. The molecule has 2 N–H and O–H groups in total. The van der Waals surface area contributed by atoms with E-state index in [1.165, 1.54) is 12.8 Å². The average Bonchev–Trinajstić information content (AvgIpc) is 3.19. The van der Waals surface area contributed by atoms with Gasteiger partial charge in [0.2, 0.25) is 5.88 Å². The minimum absolute atomic E-state index is 0. The van der Waals surface area contributed by atoms with Gasteiger partial charge in [-0.3, -0.25) is 0 Å². The Balaban J connectivity index is 0.00000162. The average molecular weight is 362 g/mol. The van der Waals surface area contributed by atoms with Gasteiger partial charge in [0.05, 0.1) is 19.3 Å². The van der Waals surface area contributed by atoms with E-state index in [1.54, 1.807) is 7.11 Å².